The number of halogens is 3. The summed E-state index contributed by atoms with van der Waals surface area (Å²) in [6.07, 6.45) is 5.95. The predicted molar refractivity (Wildman–Crippen MR) is 80.0 cm³/mol. The normalized spacial score (nSPS) is 15.5. The van der Waals surface area contributed by atoms with Gasteiger partial charge in [0.25, 0.3) is 0 Å². The summed E-state index contributed by atoms with van der Waals surface area (Å²) in [4.78, 5) is 0. The Morgan fingerprint density at radius 3 is 2.27 bits per heavy atom. The van der Waals surface area contributed by atoms with Gasteiger partial charge in [0, 0.05) is 16.3 Å². The van der Waals surface area contributed by atoms with Crippen molar-refractivity contribution in [2.24, 2.45) is 0 Å². The maximum atomic E-state index is 14.8. The fourth-order valence-corrected chi connectivity index (χ4v) is 3.14. The Balaban J connectivity index is 2.01. The van der Waals surface area contributed by atoms with E-state index in [0.29, 0.717) is 16.3 Å². The predicted octanol–water partition coefficient (Wildman–Crippen LogP) is 5.96. The number of hydrogen-bond acceptors (Lipinski definition) is 1. The minimum absolute atomic E-state index is 0.0107. The monoisotopic (exact) mass is 302 g/mol. The Hall–Kier alpha value is -2.23. The molecule has 0 N–H and O–H groups in total. The second kappa shape index (κ2) is 4.90. The van der Waals surface area contributed by atoms with Gasteiger partial charge in [-0.25, -0.2) is 8.78 Å². The van der Waals surface area contributed by atoms with E-state index in [2.05, 4.69) is 0 Å². The number of benzene rings is 2. The van der Waals surface area contributed by atoms with Gasteiger partial charge in [0.15, 0.2) is 22.8 Å². The first-order valence-corrected chi connectivity index (χ1v) is 7.35. The van der Waals surface area contributed by atoms with Crippen molar-refractivity contribution in [1.29, 1.82) is 0 Å². The zero-order valence-electron chi connectivity index (χ0n) is 11.8. The van der Waals surface area contributed by atoms with Gasteiger partial charge in [-0.2, -0.15) is 4.39 Å². The Labute approximate surface area is 125 Å². The molecule has 0 amide bonds. The van der Waals surface area contributed by atoms with E-state index in [4.69, 9.17) is 4.42 Å². The van der Waals surface area contributed by atoms with Crippen LogP contribution in [0.3, 0.4) is 0 Å². The molecule has 3 aromatic rings. The summed E-state index contributed by atoms with van der Waals surface area (Å²) in [5, 5.41) is 0.850. The molecule has 0 atom stereocenters. The third-order valence-electron chi connectivity index (χ3n) is 4.28. The van der Waals surface area contributed by atoms with Crippen LogP contribution in [0.2, 0.25) is 0 Å². The summed E-state index contributed by atoms with van der Waals surface area (Å²) in [6.45, 7) is 0. The van der Waals surface area contributed by atoms with Gasteiger partial charge in [0.2, 0.25) is 5.82 Å². The molecule has 0 saturated carbocycles. The fourth-order valence-electron chi connectivity index (χ4n) is 3.14. The van der Waals surface area contributed by atoms with Crippen LogP contribution in [0.4, 0.5) is 13.2 Å². The molecule has 0 unspecified atom stereocenters. The first kappa shape index (κ1) is 13.4. The van der Waals surface area contributed by atoms with Crippen molar-refractivity contribution in [2.75, 3.05) is 0 Å². The largest absolute Gasteiger partial charge is 0.450 e. The minimum Gasteiger partial charge on any atom is -0.450 e. The van der Waals surface area contributed by atoms with Crippen LogP contribution in [0.1, 0.15) is 31.2 Å². The minimum atomic E-state index is -1.08. The molecule has 1 aliphatic rings. The topological polar surface area (TPSA) is 13.1 Å². The Morgan fingerprint density at radius 1 is 0.818 bits per heavy atom. The van der Waals surface area contributed by atoms with E-state index in [9.17, 15) is 13.2 Å². The van der Waals surface area contributed by atoms with Crippen molar-refractivity contribution in [2.45, 2.75) is 25.7 Å². The second-order valence-electron chi connectivity index (χ2n) is 5.62. The molecular weight excluding hydrogens is 289 g/mol. The molecule has 1 heterocycles. The van der Waals surface area contributed by atoms with Gasteiger partial charge in [-0.1, -0.05) is 12.1 Å². The average molecular weight is 302 g/mol. The summed E-state index contributed by atoms with van der Waals surface area (Å²) < 4.78 is 47.2. The maximum Gasteiger partial charge on any atom is 0.201 e. The summed E-state index contributed by atoms with van der Waals surface area (Å²) in [6, 6.07) is 5.86. The van der Waals surface area contributed by atoms with Gasteiger partial charge in [-0.3, -0.25) is 0 Å². The first-order valence-electron chi connectivity index (χ1n) is 7.35. The summed E-state index contributed by atoms with van der Waals surface area (Å²) in [5.74, 6) is -2.57. The van der Waals surface area contributed by atoms with Crippen LogP contribution >= 0.6 is 0 Å². The Morgan fingerprint density at radius 2 is 1.55 bits per heavy atom. The highest BCUT2D eigenvalue weighted by Crippen LogP contribution is 2.37. The summed E-state index contributed by atoms with van der Waals surface area (Å²) in [5.41, 5.74) is 1.21. The van der Waals surface area contributed by atoms with Crippen LogP contribution in [0.5, 0.6) is 0 Å². The molecular formula is C18H13F3O. The fraction of sp³-hybridized carbons (Fsp3) is 0.222. The van der Waals surface area contributed by atoms with Crippen LogP contribution in [-0.4, -0.2) is 0 Å². The van der Waals surface area contributed by atoms with E-state index in [1.807, 2.05) is 6.08 Å². The van der Waals surface area contributed by atoms with Gasteiger partial charge < -0.3 is 4.42 Å². The first-order chi connectivity index (χ1) is 10.7. The van der Waals surface area contributed by atoms with E-state index < -0.39 is 17.5 Å². The van der Waals surface area contributed by atoms with Gasteiger partial charge in [-0.05, 0) is 49.5 Å². The highest BCUT2D eigenvalue weighted by molar-refractivity contribution is 6.06. The highest BCUT2D eigenvalue weighted by Gasteiger charge is 2.20. The number of fused-ring (bicyclic) bond motifs is 3. The van der Waals surface area contributed by atoms with Gasteiger partial charge >= 0.3 is 0 Å². The molecule has 22 heavy (non-hydrogen) atoms. The highest BCUT2D eigenvalue weighted by atomic mass is 19.2. The second-order valence-corrected chi connectivity index (χ2v) is 5.62. The molecule has 2 aromatic carbocycles. The van der Waals surface area contributed by atoms with E-state index in [-0.39, 0.29) is 11.2 Å². The lowest BCUT2D eigenvalue weighted by Crippen LogP contribution is -1.95. The SMILES string of the molecule is Fc1ccc2c(oc3c(F)c(C4=CCCCC4)ccc32)c1F. The van der Waals surface area contributed by atoms with Crippen molar-refractivity contribution in [3.63, 3.8) is 0 Å². The van der Waals surface area contributed by atoms with Crippen LogP contribution in [-0.2, 0) is 0 Å². The van der Waals surface area contributed by atoms with E-state index in [1.165, 1.54) is 6.07 Å². The maximum absolute atomic E-state index is 14.8. The van der Waals surface area contributed by atoms with Crippen molar-refractivity contribution in [3.05, 3.63) is 53.4 Å². The molecule has 4 heteroatoms. The Kier molecular flexibility index (Phi) is 2.99. The number of rotatable bonds is 1. The number of allylic oxidation sites excluding steroid dienone is 2. The lowest BCUT2D eigenvalue weighted by Gasteiger charge is -2.13. The van der Waals surface area contributed by atoms with Crippen LogP contribution in [0.25, 0.3) is 27.5 Å². The molecule has 0 bridgehead atoms. The van der Waals surface area contributed by atoms with Gasteiger partial charge in [-0.15, -0.1) is 0 Å². The lowest BCUT2D eigenvalue weighted by molar-refractivity contribution is 0.494. The van der Waals surface area contributed by atoms with Crippen molar-refractivity contribution in [3.8, 4) is 0 Å². The molecule has 0 fully saturated rings. The van der Waals surface area contributed by atoms with Gasteiger partial charge in [0.05, 0.1) is 0 Å². The lowest BCUT2D eigenvalue weighted by atomic mass is 9.93. The van der Waals surface area contributed by atoms with E-state index in [0.717, 1.165) is 37.3 Å². The number of furan rings is 1. The molecule has 112 valence electrons. The molecule has 1 nitrogen and oxygen atoms in total. The molecule has 1 aromatic heterocycles. The van der Waals surface area contributed by atoms with Crippen molar-refractivity contribution < 1.29 is 17.6 Å². The molecule has 4 rings (SSSR count). The molecule has 0 aliphatic heterocycles. The quantitative estimate of drug-likeness (QED) is 0.540. The summed E-state index contributed by atoms with van der Waals surface area (Å²) >= 11 is 0. The zero-order chi connectivity index (χ0) is 15.3. The van der Waals surface area contributed by atoms with Crippen LogP contribution in [0.15, 0.2) is 34.8 Å². The van der Waals surface area contributed by atoms with Crippen LogP contribution in [0, 0.1) is 17.5 Å². The van der Waals surface area contributed by atoms with E-state index >= 15 is 0 Å². The molecule has 0 spiro atoms. The summed E-state index contributed by atoms with van der Waals surface area (Å²) in [7, 11) is 0. The number of hydrogen-bond donors (Lipinski definition) is 0. The van der Waals surface area contributed by atoms with Crippen molar-refractivity contribution in [1.82, 2.24) is 0 Å². The van der Waals surface area contributed by atoms with Gasteiger partial charge in [0.1, 0.15) is 0 Å². The van der Waals surface area contributed by atoms with E-state index in [1.54, 1.807) is 12.1 Å². The molecule has 0 radical (unpaired) electrons. The zero-order valence-corrected chi connectivity index (χ0v) is 11.8. The van der Waals surface area contributed by atoms with Crippen LogP contribution < -0.4 is 0 Å². The molecule has 1 aliphatic carbocycles. The third kappa shape index (κ3) is 1.86. The smallest absolute Gasteiger partial charge is 0.201 e. The third-order valence-corrected chi connectivity index (χ3v) is 4.28. The average Bonchev–Trinajstić information content (AvgIpc) is 2.93. The van der Waals surface area contributed by atoms with Crippen molar-refractivity contribution >= 4 is 27.5 Å². The molecule has 0 saturated heterocycles. The Bertz CT molecular complexity index is 921. The standard InChI is InChI=1S/C18H13F3O/c19-14-9-8-13-12-7-6-11(10-4-2-1-3-5-10)15(20)17(12)22-18(13)16(14)21/h4,6-9H,1-3,5H2.